The number of amides is 2. The van der Waals surface area contributed by atoms with Gasteiger partial charge in [0, 0.05) is 11.5 Å². The first-order valence-corrected chi connectivity index (χ1v) is 4.73. The van der Waals surface area contributed by atoms with Crippen LogP contribution in [0.3, 0.4) is 0 Å². The third-order valence-corrected chi connectivity index (χ3v) is 1.96. The van der Waals surface area contributed by atoms with Gasteiger partial charge in [-0.25, -0.2) is 15.4 Å². The summed E-state index contributed by atoms with van der Waals surface area (Å²) in [5.74, 6) is 4.22. The minimum atomic E-state index is -0.661. The number of rotatable bonds is 3. The van der Waals surface area contributed by atoms with Crippen molar-refractivity contribution in [2.75, 3.05) is 11.9 Å². The first kappa shape index (κ1) is 11.3. The van der Waals surface area contributed by atoms with Gasteiger partial charge in [0.2, 0.25) is 5.69 Å². The van der Waals surface area contributed by atoms with E-state index in [2.05, 4.69) is 14.9 Å². The highest BCUT2D eigenvalue weighted by atomic mass is 32.1. The molecule has 0 aliphatic rings. The van der Waals surface area contributed by atoms with Crippen LogP contribution in [0.25, 0.3) is 0 Å². The zero-order valence-corrected chi connectivity index (χ0v) is 8.63. The van der Waals surface area contributed by atoms with Crippen LogP contribution in [0.2, 0.25) is 0 Å². The molecule has 0 aliphatic heterocycles. The van der Waals surface area contributed by atoms with Crippen LogP contribution in [0.4, 0.5) is 9.80 Å². The standard InChI is InChI=1S/C6H9N5O3S/c1-2-14-5(12)3-4(15-11-10-3)8-6(13)9-7/h2,7H2,1H3,(H2,8,9,13). The van der Waals surface area contributed by atoms with Crippen LogP contribution < -0.4 is 16.6 Å². The molecule has 1 aromatic rings. The van der Waals surface area contributed by atoms with E-state index in [9.17, 15) is 9.59 Å². The Balaban J connectivity index is 2.77. The number of aromatic nitrogens is 2. The average Bonchev–Trinajstić information content (AvgIpc) is 2.66. The summed E-state index contributed by atoms with van der Waals surface area (Å²) in [5.41, 5.74) is 1.81. The van der Waals surface area contributed by atoms with E-state index in [0.29, 0.717) is 0 Å². The molecule has 0 bridgehead atoms. The Labute approximate surface area is 88.9 Å². The van der Waals surface area contributed by atoms with Crippen molar-refractivity contribution in [3.05, 3.63) is 5.69 Å². The number of nitrogens with two attached hydrogens (primary N) is 1. The number of hydrazine groups is 1. The predicted molar refractivity (Wildman–Crippen MR) is 52.2 cm³/mol. The highest BCUT2D eigenvalue weighted by Gasteiger charge is 2.18. The number of anilines is 1. The second kappa shape index (κ2) is 5.22. The summed E-state index contributed by atoms with van der Waals surface area (Å²) < 4.78 is 8.22. The molecule has 1 aromatic heterocycles. The van der Waals surface area contributed by atoms with Gasteiger partial charge in [-0.15, -0.1) is 5.10 Å². The van der Waals surface area contributed by atoms with Crippen molar-refractivity contribution in [3.8, 4) is 0 Å². The van der Waals surface area contributed by atoms with Gasteiger partial charge in [-0.3, -0.25) is 10.7 Å². The van der Waals surface area contributed by atoms with Gasteiger partial charge in [0.05, 0.1) is 6.61 Å². The van der Waals surface area contributed by atoms with Gasteiger partial charge in [-0.2, -0.15) is 0 Å². The lowest BCUT2D eigenvalue weighted by molar-refractivity contribution is 0.0520. The van der Waals surface area contributed by atoms with E-state index in [1.54, 1.807) is 6.92 Å². The van der Waals surface area contributed by atoms with Crippen molar-refractivity contribution in [3.63, 3.8) is 0 Å². The van der Waals surface area contributed by atoms with Crippen LogP contribution in [-0.2, 0) is 4.74 Å². The third kappa shape index (κ3) is 2.86. The first-order valence-electron chi connectivity index (χ1n) is 3.96. The Morgan fingerprint density at radius 2 is 2.33 bits per heavy atom. The fourth-order valence-electron chi connectivity index (χ4n) is 0.745. The Morgan fingerprint density at radius 3 is 2.93 bits per heavy atom. The van der Waals surface area contributed by atoms with E-state index in [4.69, 9.17) is 10.6 Å². The van der Waals surface area contributed by atoms with Gasteiger partial charge >= 0.3 is 12.0 Å². The summed E-state index contributed by atoms with van der Waals surface area (Å²) >= 11 is 0.858. The van der Waals surface area contributed by atoms with Crippen LogP contribution in [0.1, 0.15) is 17.4 Å². The van der Waals surface area contributed by atoms with Crippen molar-refractivity contribution >= 4 is 28.5 Å². The Bertz CT molecular complexity index is 365. The van der Waals surface area contributed by atoms with Crippen molar-refractivity contribution in [1.82, 2.24) is 15.0 Å². The minimum Gasteiger partial charge on any atom is -0.461 e. The molecule has 0 unspecified atom stereocenters. The molecule has 2 amide bonds. The van der Waals surface area contributed by atoms with Gasteiger partial charge < -0.3 is 4.74 Å². The fourth-order valence-corrected chi connectivity index (χ4v) is 1.30. The van der Waals surface area contributed by atoms with E-state index in [1.807, 2.05) is 5.43 Å². The van der Waals surface area contributed by atoms with Crippen LogP contribution in [0, 0.1) is 0 Å². The molecule has 82 valence electrons. The molecule has 8 nitrogen and oxygen atoms in total. The average molecular weight is 231 g/mol. The normalized spacial score (nSPS) is 9.47. The van der Waals surface area contributed by atoms with E-state index >= 15 is 0 Å². The fraction of sp³-hybridized carbons (Fsp3) is 0.333. The molecule has 0 spiro atoms. The highest BCUT2D eigenvalue weighted by molar-refractivity contribution is 7.10. The Kier molecular flexibility index (Phi) is 3.94. The molecule has 15 heavy (non-hydrogen) atoms. The molecule has 0 aliphatic carbocycles. The van der Waals surface area contributed by atoms with E-state index in [-0.39, 0.29) is 17.3 Å². The molecule has 0 saturated carbocycles. The Hall–Kier alpha value is -1.74. The summed E-state index contributed by atoms with van der Waals surface area (Å²) in [7, 11) is 0. The zero-order valence-electron chi connectivity index (χ0n) is 7.81. The van der Waals surface area contributed by atoms with Gasteiger partial charge in [0.25, 0.3) is 0 Å². The molecule has 9 heteroatoms. The largest absolute Gasteiger partial charge is 0.461 e. The monoisotopic (exact) mass is 231 g/mol. The lowest BCUT2D eigenvalue weighted by Gasteiger charge is -2.02. The van der Waals surface area contributed by atoms with Crippen molar-refractivity contribution in [2.24, 2.45) is 5.84 Å². The maximum atomic E-state index is 11.3. The van der Waals surface area contributed by atoms with Gasteiger partial charge in [-0.1, -0.05) is 4.49 Å². The number of esters is 1. The predicted octanol–water partition coefficient (Wildman–Crippen LogP) is -0.290. The quantitative estimate of drug-likeness (QED) is 0.284. The van der Waals surface area contributed by atoms with Gasteiger partial charge in [0.15, 0.2) is 5.00 Å². The lowest BCUT2D eigenvalue weighted by Crippen LogP contribution is -2.34. The number of urea groups is 1. The molecule has 0 atom stereocenters. The summed E-state index contributed by atoms with van der Waals surface area (Å²) in [6.45, 7) is 1.89. The number of nitrogens with one attached hydrogen (secondary N) is 2. The first-order chi connectivity index (χ1) is 7.19. The second-order valence-electron chi connectivity index (χ2n) is 2.27. The number of carbonyl (C=O) groups is 2. The van der Waals surface area contributed by atoms with Crippen molar-refractivity contribution in [1.29, 1.82) is 0 Å². The Morgan fingerprint density at radius 1 is 1.60 bits per heavy atom. The van der Waals surface area contributed by atoms with Crippen LogP contribution >= 0.6 is 11.5 Å². The number of nitrogens with zero attached hydrogens (tertiary/aromatic N) is 2. The molecule has 4 N–H and O–H groups in total. The SMILES string of the molecule is CCOC(=O)c1nnsc1NC(=O)NN. The van der Waals surface area contributed by atoms with E-state index in [1.165, 1.54) is 0 Å². The molecule has 0 aromatic carbocycles. The van der Waals surface area contributed by atoms with E-state index in [0.717, 1.165) is 11.5 Å². The third-order valence-electron chi connectivity index (χ3n) is 1.31. The van der Waals surface area contributed by atoms with Crippen LogP contribution in [0.15, 0.2) is 0 Å². The number of carbonyl (C=O) groups excluding carboxylic acids is 2. The van der Waals surface area contributed by atoms with Crippen molar-refractivity contribution < 1.29 is 14.3 Å². The summed E-state index contributed by atoms with van der Waals surface area (Å²) in [4.78, 5) is 22.1. The second-order valence-corrected chi connectivity index (χ2v) is 3.02. The lowest BCUT2D eigenvalue weighted by atomic mass is 10.4. The smallest absolute Gasteiger partial charge is 0.362 e. The summed E-state index contributed by atoms with van der Waals surface area (Å²) in [6.07, 6.45) is 0. The molecule has 0 fully saturated rings. The maximum absolute atomic E-state index is 11.3. The molecule has 1 rings (SSSR count). The van der Waals surface area contributed by atoms with E-state index < -0.39 is 12.0 Å². The highest BCUT2D eigenvalue weighted by Crippen LogP contribution is 2.18. The number of ether oxygens (including phenoxy) is 1. The van der Waals surface area contributed by atoms with Gasteiger partial charge in [0.1, 0.15) is 0 Å². The molecular weight excluding hydrogens is 222 g/mol. The number of hydrogen-bond donors (Lipinski definition) is 3. The minimum absolute atomic E-state index is 0.0366. The molecular formula is C6H9N5O3S. The zero-order chi connectivity index (χ0) is 11.3. The van der Waals surface area contributed by atoms with Crippen molar-refractivity contribution in [2.45, 2.75) is 6.92 Å². The molecule has 1 heterocycles. The number of hydrogen-bond acceptors (Lipinski definition) is 7. The molecule has 0 radical (unpaired) electrons. The maximum Gasteiger partial charge on any atom is 0.362 e. The topological polar surface area (TPSA) is 119 Å². The summed E-state index contributed by atoms with van der Waals surface area (Å²) in [6, 6.07) is -0.661. The van der Waals surface area contributed by atoms with Crippen LogP contribution in [-0.4, -0.2) is 28.2 Å². The van der Waals surface area contributed by atoms with Gasteiger partial charge in [-0.05, 0) is 6.92 Å². The van der Waals surface area contributed by atoms with Crippen LogP contribution in [0.5, 0.6) is 0 Å². The summed E-state index contributed by atoms with van der Waals surface area (Å²) in [5, 5.41) is 6.02. The molecule has 0 saturated heterocycles.